The van der Waals surface area contributed by atoms with E-state index in [2.05, 4.69) is 5.32 Å². The van der Waals surface area contributed by atoms with Crippen LogP contribution in [0.3, 0.4) is 0 Å². The third kappa shape index (κ3) is 4.00. The highest BCUT2D eigenvalue weighted by molar-refractivity contribution is 7.98. The number of benzene rings is 1. The molecule has 0 aromatic heterocycles. The molecular formula is C15H21NO3S. The molecule has 1 amide bonds. The molecule has 0 radical (unpaired) electrons. The maximum Gasteiger partial charge on any atom is 0.326 e. The predicted octanol–water partition coefficient (Wildman–Crippen LogP) is 2.95. The fraction of sp³-hybridized carbons (Fsp3) is 0.467. The molecule has 0 bridgehead atoms. The molecule has 0 spiro atoms. The Kier molecular flexibility index (Phi) is 5.22. The summed E-state index contributed by atoms with van der Waals surface area (Å²) in [6, 6.07) is 4.67. The normalized spacial score (nSPS) is 12.8. The van der Waals surface area contributed by atoms with Crippen molar-refractivity contribution in [3.63, 3.8) is 0 Å². The summed E-state index contributed by atoms with van der Waals surface area (Å²) in [5, 5.41) is 11.9. The van der Waals surface area contributed by atoms with Crippen LogP contribution in [0.4, 0.5) is 0 Å². The first kappa shape index (κ1) is 16.6. The van der Waals surface area contributed by atoms with Crippen LogP contribution in [0.2, 0.25) is 0 Å². The first-order valence-corrected chi connectivity index (χ1v) is 7.57. The molecule has 0 unspecified atom stereocenters. The highest BCUT2D eigenvalue weighted by atomic mass is 32.2. The maximum absolute atomic E-state index is 12.3. The van der Waals surface area contributed by atoms with Crippen molar-refractivity contribution in [1.29, 1.82) is 0 Å². The zero-order valence-electron chi connectivity index (χ0n) is 12.5. The lowest BCUT2D eigenvalue weighted by atomic mass is 9.86. The topological polar surface area (TPSA) is 66.4 Å². The van der Waals surface area contributed by atoms with Gasteiger partial charge in [0.1, 0.15) is 6.04 Å². The fourth-order valence-corrected chi connectivity index (χ4v) is 2.27. The van der Waals surface area contributed by atoms with Gasteiger partial charge in [0.25, 0.3) is 5.91 Å². The molecule has 20 heavy (non-hydrogen) atoms. The SMILES string of the molecule is CSc1ccc(C)c(C(=O)N[C@@H](C(=O)O)C(C)(C)C)c1. The number of carbonyl (C=O) groups is 2. The molecular weight excluding hydrogens is 274 g/mol. The van der Waals surface area contributed by atoms with Crippen molar-refractivity contribution >= 4 is 23.6 Å². The highest BCUT2D eigenvalue weighted by Crippen LogP contribution is 2.22. The molecule has 1 atom stereocenters. The second-order valence-electron chi connectivity index (χ2n) is 5.79. The molecule has 0 aliphatic carbocycles. The minimum absolute atomic E-state index is 0.347. The summed E-state index contributed by atoms with van der Waals surface area (Å²) in [4.78, 5) is 24.6. The van der Waals surface area contributed by atoms with Gasteiger partial charge in [-0.15, -0.1) is 11.8 Å². The quantitative estimate of drug-likeness (QED) is 0.838. The highest BCUT2D eigenvalue weighted by Gasteiger charge is 2.33. The summed E-state index contributed by atoms with van der Waals surface area (Å²) in [6.07, 6.45) is 1.93. The van der Waals surface area contributed by atoms with E-state index in [0.29, 0.717) is 5.56 Å². The van der Waals surface area contributed by atoms with E-state index >= 15 is 0 Å². The van der Waals surface area contributed by atoms with Crippen molar-refractivity contribution in [2.24, 2.45) is 5.41 Å². The van der Waals surface area contributed by atoms with E-state index in [1.807, 2.05) is 25.3 Å². The van der Waals surface area contributed by atoms with Crippen LogP contribution in [0.15, 0.2) is 23.1 Å². The molecule has 0 fully saturated rings. The molecule has 0 saturated heterocycles. The average Bonchev–Trinajstić information content (AvgIpc) is 2.34. The van der Waals surface area contributed by atoms with Gasteiger partial charge in [0.05, 0.1) is 0 Å². The van der Waals surface area contributed by atoms with E-state index < -0.39 is 17.4 Å². The number of amides is 1. The van der Waals surface area contributed by atoms with E-state index in [1.54, 1.807) is 38.6 Å². The maximum atomic E-state index is 12.3. The number of rotatable bonds is 4. The smallest absolute Gasteiger partial charge is 0.326 e. The van der Waals surface area contributed by atoms with Crippen molar-refractivity contribution in [2.75, 3.05) is 6.26 Å². The van der Waals surface area contributed by atoms with E-state index in [0.717, 1.165) is 10.5 Å². The zero-order valence-corrected chi connectivity index (χ0v) is 13.3. The largest absolute Gasteiger partial charge is 0.480 e. The van der Waals surface area contributed by atoms with Gasteiger partial charge in [-0.05, 0) is 36.3 Å². The van der Waals surface area contributed by atoms with Crippen LogP contribution < -0.4 is 5.32 Å². The third-order valence-corrected chi connectivity index (χ3v) is 3.80. The number of hydrogen-bond acceptors (Lipinski definition) is 3. The second-order valence-corrected chi connectivity index (χ2v) is 6.67. The molecule has 5 heteroatoms. The number of thioether (sulfide) groups is 1. The number of aliphatic carboxylic acids is 1. The molecule has 0 saturated carbocycles. The van der Waals surface area contributed by atoms with Gasteiger partial charge in [0.15, 0.2) is 0 Å². The molecule has 1 aromatic carbocycles. The summed E-state index contributed by atoms with van der Waals surface area (Å²) < 4.78 is 0. The van der Waals surface area contributed by atoms with Gasteiger partial charge >= 0.3 is 5.97 Å². The molecule has 1 aromatic rings. The van der Waals surface area contributed by atoms with Gasteiger partial charge in [-0.2, -0.15) is 0 Å². The van der Waals surface area contributed by atoms with Crippen LogP contribution in [-0.2, 0) is 4.79 Å². The summed E-state index contributed by atoms with van der Waals surface area (Å²) in [5.74, 6) is -1.37. The van der Waals surface area contributed by atoms with Crippen LogP contribution in [0.1, 0.15) is 36.7 Å². The van der Waals surface area contributed by atoms with Gasteiger partial charge in [-0.3, -0.25) is 4.79 Å². The van der Waals surface area contributed by atoms with Crippen LogP contribution in [0, 0.1) is 12.3 Å². The summed E-state index contributed by atoms with van der Waals surface area (Å²) in [5.41, 5.74) is 0.803. The number of carboxylic acids is 1. The lowest BCUT2D eigenvalue weighted by Crippen LogP contribution is -2.49. The Hall–Kier alpha value is -1.49. The van der Waals surface area contributed by atoms with Crippen molar-refractivity contribution < 1.29 is 14.7 Å². The van der Waals surface area contributed by atoms with Crippen molar-refractivity contribution in [1.82, 2.24) is 5.32 Å². The Morgan fingerprint density at radius 1 is 1.30 bits per heavy atom. The van der Waals surface area contributed by atoms with E-state index in [-0.39, 0.29) is 5.91 Å². The molecule has 2 N–H and O–H groups in total. The van der Waals surface area contributed by atoms with Gasteiger partial charge < -0.3 is 10.4 Å². The number of nitrogens with one attached hydrogen (secondary N) is 1. The van der Waals surface area contributed by atoms with E-state index in [4.69, 9.17) is 0 Å². The van der Waals surface area contributed by atoms with Crippen LogP contribution in [0.5, 0.6) is 0 Å². The average molecular weight is 295 g/mol. The number of carboxylic acid groups (broad SMARTS) is 1. The Balaban J connectivity index is 3.03. The van der Waals surface area contributed by atoms with Crippen molar-refractivity contribution in [3.8, 4) is 0 Å². The minimum Gasteiger partial charge on any atom is -0.480 e. The molecule has 110 valence electrons. The van der Waals surface area contributed by atoms with Crippen LogP contribution in [-0.4, -0.2) is 29.3 Å². The Labute approximate surface area is 124 Å². The van der Waals surface area contributed by atoms with Gasteiger partial charge in [0.2, 0.25) is 0 Å². The molecule has 4 nitrogen and oxygen atoms in total. The Morgan fingerprint density at radius 2 is 1.90 bits per heavy atom. The standard InChI is InChI=1S/C15H21NO3S/c1-9-6-7-10(20-5)8-11(9)13(17)16-12(14(18)19)15(2,3)4/h6-8,12H,1-5H3,(H,16,17)(H,18,19)/t12-/m0/s1. The van der Waals surface area contributed by atoms with Gasteiger partial charge in [-0.25, -0.2) is 4.79 Å². The number of carbonyl (C=O) groups excluding carboxylic acids is 1. The monoisotopic (exact) mass is 295 g/mol. The Bertz CT molecular complexity index is 520. The van der Waals surface area contributed by atoms with Crippen molar-refractivity contribution in [3.05, 3.63) is 29.3 Å². The van der Waals surface area contributed by atoms with Crippen molar-refractivity contribution in [2.45, 2.75) is 38.6 Å². The second kappa shape index (κ2) is 6.31. The number of aryl methyl sites for hydroxylation is 1. The zero-order chi connectivity index (χ0) is 15.5. The molecule has 0 aliphatic rings. The lowest BCUT2D eigenvalue weighted by molar-refractivity contribution is -0.142. The molecule has 0 heterocycles. The first-order valence-electron chi connectivity index (χ1n) is 6.35. The van der Waals surface area contributed by atoms with Gasteiger partial charge in [-0.1, -0.05) is 26.8 Å². The van der Waals surface area contributed by atoms with Gasteiger partial charge in [0, 0.05) is 10.5 Å². The van der Waals surface area contributed by atoms with Crippen LogP contribution in [0.25, 0.3) is 0 Å². The third-order valence-electron chi connectivity index (χ3n) is 3.08. The molecule has 0 aliphatic heterocycles. The van der Waals surface area contributed by atoms with E-state index in [9.17, 15) is 14.7 Å². The summed E-state index contributed by atoms with van der Waals surface area (Å²) in [6.45, 7) is 7.21. The predicted molar refractivity (Wildman–Crippen MR) is 81.3 cm³/mol. The summed E-state index contributed by atoms with van der Waals surface area (Å²) in [7, 11) is 0. The molecule has 1 rings (SSSR count). The number of hydrogen-bond donors (Lipinski definition) is 2. The first-order chi connectivity index (χ1) is 9.16. The minimum atomic E-state index is -1.02. The fourth-order valence-electron chi connectivity index (χ4n) is 1.83. The van der Waals surface area contributed by atoms with Crippen LogP contribution >= 0.6 is 11.8 Å². The summed E-state index contributed by atoms with van der Waals surface area (Å²) >= 11 is 1.54. The Morgan fingerprint density at radius 3 is 2.35 bits per heavy atom. The van der Waals surface area contributed by atoms with E-state index in [1.165, 1.54) is 0 Å². The lowest BCUT2D eigenvalue weighted by Gasteiger charge is -2.28.